The fourth-order valence-corrected chi connectivity index (χ4v) is 3.38. The summed E-state index contributed by atoms with van der Waals surface area (Å²) in [7, 11) is 0. The number of nitrogens with zero attached hydrogens (tertiary/aromatic N) is 3. The summed E-state index contributed by atoms with van der Waals surface area (Å²) in [6.45, 7) is 4.42. The first-order valence-electron chi connectivity index (χ1n) is 8.42. The van der Waals surface area contributed by atoms with Crippen molar-refractivity contribution >= 4 is 34.2 Å². The van der Waals surface area contributed by atoms with Crippen molar-refractivity contribution in [3.8, 4) is 0 Å². The molecule has 3 aromatic heterocycles. The van der Waals surface area contributed by atoms with Gasteiger partial charge in [-0.2, -0.15) is 0 Å². The maximum absolute atomic E-state index is 12.7. The SMILES string of the molecule is Cc1ccc(NC(=O)c2cnc3c(c(C)cn3Cc3cnco3)c2Cl)cc1. The Morgan fingerprint density at radius 3 is 2.70 bits per heavy atom. The summed E-state index contributed by atoms with van der Waals surface area (Å²) >= 11 is 6.58. The molecule has 4 rings (SSSR count). The first kappa shape index (κ1) is 17.3. The Labute approximate surface area is 160 Å². The summed E-state index contributed by atoms with van der Waals surface area (Å²) < 4.78 is 7.24. The van der Waals surface area contributed by atoms with Gasteiger partial charge in [0.05, 0.1) is 23.3 Å². The molecule has 27 heavy (non-hydrogen) atoms. The lowest BCUT2D eigenvalue weighted by Gasteiger charge is -2.09. The minimum atomic E-state index is -0.291. The molecule has 3 heterocycles. The molecule has 0 bridgehead atoms. The highest BCUT2D eigenvalue weighted by atomic mass is 35.5. The number of carbonyl (C=O) groups excluding carboxylic acids is 1. The molecule has 0 saturated heterocycles. The van der Waals surface area contributed by atoms with E-state index in [2.05, 4.69) is 15.3 Å². The highest BCUT2D eigenvalue weighted by molar-refractivity contribution is 6.39. The molecule has 0 aliphatic carbocycles. The summed E-state index contributed by atoms with van der Waals surface area (Å²) in [6, 6.07) is 7.58. The number of hydrogen-bond acceptors (Lipinski definition) is 4. The van der Waals surface area contributed by atoms with Gasteiger partial charge in [-0.15, -0.1) is 0 Å². The van der Waals surface area contributed by atoms with Crippen molar-refractivity contribution in [1.29, 1.82) is 0 Å². The predicted molar refractivity (Wildman–Crippen MR) is 104 cm³/mol. The third-order valence-corrected chi connectivity index (χ3v) is 4.77. The van der Waals surface area contributed by atoms with Crippen molar-refractivity contribution in [2.75, 3.05) is 5.32 Å². The number of halogens is 1. The van der Waals surface area contributed by atoms with Gasteiger partial charge in [0.25, 0.3) is 5.91 Å². The van der Waals surface area contributed by atoms with Gasteiger partial charge < -0.3 is 14.3 Å². The highest BCUT2D eigenvalue weighted by Crippen LogP contribution is 2.30. The smallest absolute Gasteiger partial charge is 0.258 e. The summed E-state index contributed by atoms with van der Waals surface area (Å²) in [5.74, 6) is 0.423. The van der Waals surface area contributed by atoms with Crippen molar-refractivity contribution in [2.45, 2.75) is 20.4 Å². The Morgan fingerprint density at radius 2 is 2.00 bits per heavy atom. The number of anilines is 1. The third-order valence-electron chi connectivity index (χ3n) is 4.38. The van der Waals surface area contributed by atoms with Crippen LogP contribution in [0.5, 0.6) is 0 Å². The summed E-state index contributed by atoms with van der Waals surface area (Å²) in [4.78, 5) is 21.1. The zero-order valence-corrected chi connectivity index (χ0v) is 15.6. The Morgan fingerprint density at radius 1 is 1.22 bits per heavy atom. The lowest BCUT2D eigenvalue weighted by molar-refractivity contribution is 0.102. The van der Waals surface area contributed by atoms with Crippen LogP contribution in [0.15, 0.2) is 53.7 Å². The number of nitrogens with one attached hydrogen (secondary N) is 1. The number of rotatable bonds is 4. The topological polar surface area (TPSA) is 73.0 Å². The molecule has 1 aromatic carbocycles. The average molecular weight is 381 g/mol. The van der Waals surface area contributed by atoms with Gasteiger partial charge in [0.15, 0.2) is 6.39 Å². The van der Waals surface area contributed by atoms with Gasteiger partial charge in [0, 0.05) is 23.5 Å². The fraction of sp³-hybridized carbons (Fsp3) is 0.150. The van der Waals surface area contributed by atoms with Crippen LogP contribution in [0.3, 0.4) is 0 Å². The molecule has 0 saturated carbocycles. The molecular weight excluding hydrogens is 364 g/mol. The average Bonchev–Trinajstić information content (AvgIpc) is 3.26. The molecule has 0 fully saturated rings. The molecule has 0 spiro atoms. The van der Waals surface area contributed by atoms with Crippen LogP contribution >= 0.6 is 11.6 Å². The number of aryl methyl sites for hydroxylation is 2. The number of pyridine rings is 1. The third kappa shape index (κ3) is 3.31. The van der Waals surface area contributed by atoms with Gasteiger partial charge in [0.2, 0.25) is 0 Å². The van der Waals surface area contributed by atoms with Crippen LogP contribution in [0.2, 0.25) is 5.02 Å². The predicted octanol–water partition coefficient (Wildman–Crippen LogP) is 4.60. The quantitative estimate of drug-likeness (QED) is 0.561. The minimum Gasteiger partial charge on any atom is -0.447 e. The van der Waals surface area contributed by atoms with Crippen LogP contribution in [0.1, 0.15) is 27.2 Å². The second-order valence-electron chi connectivity index (χ2n) is 6.41. The molecule has 7 heteroatoms. The summed E-state index contributed by atoms with van der Waals surface area (Å²) in [5.41, 5.74) is 3.80. The van der Waals surface area contributed by atoms with Crippen molar-refractivity contribution in [3.63, 3.8) is 0 Å². The molecule has 1 amide bonds. The Hall–Kier alpha value is -3.12. The van der Waals surface area contributed by atoms with Crippen LogP contribution in [0.4, 0.5) is 5.69 Å². The van der Waals surface area contributed by atoms with Crippen LogP contribution < -0.4 is 5.32 Å². The number of benzene rings is 1. The zero-order valence-electron chi connectivity index (χ0n) is 14.9. The zero-order chi connectivity index (χ0) is 19.0. The Balaban J connectivity index is 1.68. The second kappa shape index (κ2) is 6.89. The maximum atomic E-state index is 12.7. The molecule has 0 aliphatic heterocycles. The highest BCUT2D eigenvalue weighted by Gasteiger charge is 2.19. The Bertz CT molecular complexity index is 1120. The van der Waals surface area contributed by atoms with E-state index in [-0.39, 0.29) is 5.91 Å². The van der Waals surface area contributed by atoms with Crippen LogP contribution in [0, 0.1) is 13.8 Å². The molecular formula is C20H17ClN4O2. The minimum absolute atomic E-state index is 0.291. The lowest BCUT2D eigenvalue weighted by atomic mass is 10.1. The second-order valence-corrected chi connectivity index (χ2v) is 6.79. The van der Waals surface area contributed by atoms with Crippen LogP contribution in [-0.2, 0) is 6.54 Å². The number of aromatic nitrogens is 3. The number of amides is 1. The monoisotopic (exact) mass is 380 g/mol. The van der Waals surface area contributed by atoms with Gasteiger partial charge >= 0.3 is 0 Å². The van der Waals surface area contributed by atoms with E-state index in [0.717, 1.165) is 16.5 Å². The maximum Gasteiger partial charge on any atom is 0.258 e. The van der Waals surface area contributed by atoms with E-state index in [1.54, 1.807) is 6.20 Å². The van der Waals surface area contributed by atoms with Gasteiger partial charge in [0.1, 0.15) is 11.4 Å². The van der Waals surface area contributed by atoms with Crippen molar-refractivity contribution < 1.29 is 9.21 Å². The fourth-order valence-electron chi connectivity index (χ4n) is 3.01. The van der Waals surface area contributed by atoms with Crippen molar-refractivity contribution in [1.82, 2.24) is 14.5 Å². The van der Waals surface area contributed by atoms with Gasteiger partial charge in [-0.3, -0.25) is 4.79 Å². The standard InChI is InChI=1S/C20H17ClN4O2/c1-12-3-5-14(6-4-12)24-20(26)16-8-23-19-17(18(16)21)13(2)9-25(19)10-15-7-22-11-27-15/h3-9,11H,10H2,1-2H3,(H,24,26). The van der Waals surface area contributed by atoms with Gasteiger partial charge in [-0.05, 0) is 31.5 Å². The van der Waals surface area contributed by atoms with E-state index in [1.807, 2.05) is 48.9 Å². The van der Waals surface area contributed by atoms with E-state index >= 15 is 0 Å². The van der Waals surface area contributed by atoms with E-state index in [4.69, 9.17) is 16.0 Å². The molecule has 1 N–H and O–H groups in total. The Kier molecular flexibility index (Phi) is 4.41. The molecule has 0 unspecified atom stereocenters. The van der Waals surface area contributed by atoms with Gasteiger partial charge in [-0.1, -0.05) is 29.3 Å². The first-order valence-corrected chi connectivity index (χ1v) is 8.80. The normalized spacial score (nSPS) is 11.1. The summed E-state index contributed by atoms with van der Waals surface area (Å²) in [6.07, 6.45) is 6.49. The largest absolute Gasteiger partial charge is 0.447 e. The molecule has 4 aromatic rings. The van der Waals surface area contributed by atoms with E-state index in [0.29, 0.717) is 34.2 Å². The number of oxazole rings is 1. The van der Waals surface area contributed by atoms with E-state index in [1.165, 1.54) is 12.6 Å². The summed E-state index contributed by atoms with van der Waals surface area (Å²) in [5, 5.41) is 4.00. The van der Waals surface area contributed by atoms with Crippen molar-refractivity contribution in [3.05, 3.63) is 76.7 Å². The molecule has 0 aliphatic rings. The number of fused-ring (bicyclic) bond motifs is 1. The lowest BCUT2D eigenvalue weighted by Crippen LogP contribution is -2.13. The number of hydrogen-bond donors (Lipinski definition) is 1. The van der Waals surface area contributed by atoms with E-state index < -0.39 is 0 Å². The van der Waals surface area contributed by atoms with Crippen LogP contribution in [-0.4, -0.2) is 20.4 Å². The molecule has 0 radical (unpaired) electrons. The molecule has 136 valence electrons. The van der Waals surface area contributed by atoms with E-state index in [9.17, 15) is 4.79 Å². The first-order chi connectivity index (χ1) is 13.0. The van der Waals surface area contributed by atoms with Crippen molar-refractivity contribution in [2.24, 2.45) is 0 Å². The molecule has 6 nitrogen and oxygen atoms in total. The van der Waals surface area contributed by atoms with Crippen LogP contribution in [0.25, 0.3) is 11.0 Å². The number of carbonyl (C=O) groups is 1. The molecule has 0 atom stereocenters. The van der Waals surface area contributed by atoms with Gasteiger partial charge in [-0.25, -0.2) is 9.97 Å².